The van der Waals surface area contributed by atoms with Crippen molar-refractivity contribution in [2.75, 3.05) is 32.1 Å². The number of hydrogen-bond donors (Lipinski definition) is 1. The number of ether oxygens (including phenoxy) is 1. The van der Waals surface area contributed by atoms with E-state index in [1.54, 1.807) is 23.5 Å². The molecule has 0 saturated carbocycles. The van der Waals surface area contributed by atoms with Gasteiger partial charge in [0.25, 0.3) is 0 Å². The van der Waals surface area contributed by atoms with Crippen LogP contribution in [-0.4, -0.2) is 37.6 Å². The van der Waals surface area contributed by atoms with Gasteiger partial charge in [-0.15, -0.1) is 11.3 Å². The van der Waals surface area contributed by atoms with Gasteiger partial charge in [0.05, 0.1) is 12.1 Å². The minimum absolute atomic E-state index is 0.112. The molecule has 27 heavy (non-hydrogen) atoms. The van der Waals surface area contributed by atoms with E-state index in [-0.39, 0.29) is 12.5 Å². The molecule has 1 aromatic carbocycles. The van der Waals surface area contributed by atoms with E-state index < -0.39 is 0 Å². The van der Waals surface area contributed by atoms with E-state index in [1.165, 1.54) is 4.88 Å². The molecule has 1 heterocycles. The molecular formula is C20H22ClN3O2S. The standard InChI is InChI=1S/C20H22ClN3O2S/c1-24(10-11-26-15-8-6-14(21)7-9-15)13-19(25)23-20-17(12-22)16-4-2-3-5-18(16)27-20/h6-9H,2-5,10-11,13H2,1H3,(H,23,25). The minimum atomic E-state index is -0.112. The average Bonchev–Trinajstić information content (AvgIpc) is 3.00. The second-order valence-electron chi connectivity index (χ2n) is 6.62. The largest absolute Gasteiger partial charge is 0.492 e. The van der Waals surface area contributed by atoms with E-state index in [1.807, 2.05) is 24.1 Å². The molecule has 0 spiro atoms. The molecule has 5 nitrogen and oxygen atoms in total. The first kappa shape index (κ1) is 19.7. The van der Waals surface area contributed by atoms with Gasteiger partial charge in [-0.3, -0.25) is 9.69 Å². The maximum atomic E-state index is 12.4. The summed E-state index contributed by atoms with van der Waals surface area (Å²) >= 11 is 7.40. The molecule has 1 aliphatic rings. The van der Waals surface area contributed by atoms with Gasteiger partial charge in [-0.25, -0.2) is 0 Å². The number of carbonyl (C=O) groups excluding carboxylic acids is 1. The summed E-state index contributed by atoms with van der Waals surface area (Å²) in [6.07, 6.45) is 4.21. The molecule has 1 aliphatic carbocycles. The van der Waals surface area contributed by atoms with Gasteiger partial charge < -0.3 is 10.1 Å². The third-order valence-electron chi connectivity index (χ3n) is 4.50. The lowest BCUT2D eigenvalue weighted by molar-refractivity contribution is -0.117. The van der Waals surface area contributed by atoms with Crippen LogP contribution in [0.3, 0.4) is 0 Å². The highest BCUT2D eigenvalue weighted by Gasteiger charge is 2.22. The Kier molecular flexibility index (Phi) is 6.73. The lowest BCUT2D eigenvalue weighted by Gasteiger charge is -2.16. The average molecular weight is 404 g/mol. The number of amides is 1. The van der Waals surface area contributed by atoms with Crippen molar-refractivity contribution < 1.29 is 9.53 Å². The van der Waals surface area contributed by atoms with Crippen molar-refractivity contribution in [1.82, 2.24) is 4.90 Å². The molecule has 1 N–H and O–H groups in total. The number of fused-ring (bicyclic) bond motifs is 1. The first-order chi connectivity index (χ1) is 13.1. The van der Waals surface area contributed by atoms with Crippen LogP contribution < -0.4 is 10.1 Å². The van der Waals surface area contributed by atoms with Gasteiger partial charge in [-0.1, -0.05) is 11.6 Å². The number of hydrogen-bond acceptors (Lipinski definition) is 5. The number of likely N-dealkylation sites (N-methyl/N-ethyl adjacent to an activating group) is 1. The number of halogens is 1. The fourth-order valence-electron chi connectivity index (χ4n) is 3.11. The summed E-state index contributed by atoms with van der Waals surface area (Å²) in [5, 5.41) is 13.8. The molecule has 0 radical (unpaired) electrons. The van der Waals surface area contributed by atoms with Crippen LogP contribution in [0.15, 0.2) is 24.3 Å². The summed E-state index contributed by atoms with van der Waals surface area (Å²) in [4.78, 5) is 15.5. The Hall–Kier alpha value is -2.07. The van der Waals surface area contributed by atoms with Gasteiger partial charge in [0.15, 0.2) is 0 Å². The quantitative estimate of drug-likeness (QED) is 0.755. The molecule has 142 valence electrons. The van der Waals surface area contributed by atoms with E-state index in [2.05, 4.69) is 11.4 Å². The number of nitrogens with one attached hydrogen (secondary N) is 1. The van der Waals surface area contributed by atoms with Crippen molar-refractivity contribution >= 4 is 33.8 Å². The zero-order valence-electron chi connectivity index (χ0n) is 15.3. The maximum absolute atomic E-state index is 12.4. The van der Waals surface area contributed by atoms with Crippen LogP contribution in [0.2, 0.25) is 5.02 Å². The molecule has 0 atom stereocenters. The van der Waals surface area contributed by atoms with Crippen molar-refractivity contribution in [3.05, 3.63) is 45.3 Å². The third kappa shape index (κ3) is 5.23. The number of carbonyl (C=O) groups is 1. The van der Waals surface area contributed by atoms with Gasteiger partial charge in [0.2, 0.25) is 5.91 Å². The zero-order valence-corrected chi connectivity index (χ0v) is 16.8. The minimum Gasteiger partial charge on any atom is -0.492 e. The molecule has 3 rings (SSSR count). The normalized spacial score (nSPS) is 13.1. The highest BCUT2D eigenvalue weighted by atomic mass is 35.5. The van der Waals surface area contributed by atoms with Crippen LogP contribution >= 0.6 is 22.9 Å². The zero-order chi connectivity index (χ0) is 19.2. The Morgan fingerprint density at radius 1 is 1.33 bits per heavy atom. The number of rotatable bonds is 7. The molecule has 0 aliphatic heterocycles. The summed E-state index contributed by atoms with van der Waals surface area (Å²) in [6, 6.07) is 9.46. The first-order valence-corrected chi connectivity index (χ1v) is 10.2. The monoisotopic (exact) mass is 403 g/mol. The predicted octanol–water partition coefficient (Wildman–Crippen LogP) is 4.10. The predicted molar refractivity (Wildman–Crippen MR) is 109 cm³/mol. The highest BCUT2D eigenvalue weighted by Crippen LogP contribution is 2.37. The number of aryl methyl sites for hydroxylation is 1. The fourth-order valence-corrected chi connectivity index (χ4v) is 4.49. The number of anilines is 1. The smallest absolute Gasteiger partial charge is 0.239 e. The third-order valence-corrected chi connectivity index (χ3v) is 5.96. The first-order valence-electron chi connectivity index (χ1n) is 8.98. The molecule has 0 fully saturated rings. The molecule has 0 bridgehead atoms. The molecule has 0 saturated heterocycles. The number of benzene rings is 1. The molecule has 0 unspecified atom stereocenters. The number of nitriles is 1. The highest BCUT2D eigenvalue weighted by molar-refractivity contribution is 7.16. The topological polar surface area (TPSA) is 65.4 Å². The Morgan fingerprint density at radius 3 is 2.81 bits per heavy atom. The van der Waals surface area contributed by atoms with E-state index >= 15 is 0 Å². The van der Waals surface area contributed by atoms with E-state index in [9.17, 15) is 10.1 Å². The SMILES string of the molecule is CN(CCOc1ccc(Cl)cc1)CC(=O)Nc1sc2c(c1C#N)CCCC2. The Balaban J connectivity index is 1.48. The van der Waals surface area contributed by atoms with Gasteiger partial charge >= 0.3 is 0 Å². The van der Waals surface area contributed by atoms with Gasteiger partial charge in [-0.2, -0.15) is 5.26 Å². The second kappa shape index (κ2) is 9.23. The number of thiophene rings is 1. The molecule has 1 amide bonds. The Morgan fingerprint density at radius 2 is 2.07 bits per heavy atom. The van der Waals surface area contributed by atoms with Crippen molar-refractivity contribution in [2.24, 2.45) is 0 Å². The van der Waals surface area contributed by atoms with Crippen molar-refractivity contribution in [3.8, 4) is 11.8 Å². The Bertz CT molecular complexity index is 842. The maximum Gasteiger partial charge on any atom is 0.239 e. The van der Waals surface area contributed by atoms with Gasteiger partial charge in [0, 0.05) is 16.4 Å². The molecule has 2 aromatic rings. The molecule has 7 heteroatoms. The van der Waals surface area contributed by atoms with Crippen molar-refractivity contribution in [3.63, 3.8) is 0 Å². The second-order valence-corrected chi connectivity index (χ2v) is 8.16. The molecule has 1 aromatic heterocycles. The lowest BCUT2D eigenvalue weighted by Crippen LogP contribution is -2.33. The van der Waals surface area contributed by atoms with E-state index in [0.717, 1.165) is 37.0 Å². The summed E-state index contributed by atoms with van der Waals surface area (Å²) < 4.78 is 5.65. The van der Waals surface area contributed by atoms with Gasteiger partial charge in [0.1, 0.15) is 23.4 Å². The Labute approximate surface area is 168 Å². The lowest BCUT2D eigenvalue weighted by atomic mass is 9.96. The van der Waals surface area contributed by atoms with Gasteiger partial charge in [-0.05, 0) is 62.6 Å². The van der Waals surface area contributed by atoms with Crippen molar-refractivity contribution in [2.45, 2.75) is 25.7 Å². The summed E-state index contributed by atoms with van der Waals surface area (Å²) in [5.41, 5.74) is 1.78. The van der Waals surface area contributed by atoms with Crippen LogP contribution in [0.25, 0.3) is 0 Å². The van der Waals surface area contributed by atoms with E-state index in [4.69, 9.17) is 16.3 Å². The van der Waals surface area contributed by atoms with Crippen LogP contribution in [0.4, 0.5) is 5.00 Å². The molecular weight excluding hydrogens is 382 g/mol. The summed E-state index contributed by atoms with van der Waals surface area (Å²) in [5.74, 6) is 0.638. The fraction of sp³-hybridized carbons (Fsp3) is 0.400. The summed E-state index contributed by atoms with van der Waals surface area (Å²) in [6.45, 7) is 1.33. The van der Waals surface area contributed by atoms with Crippen molar-refractivity contribution in [1.29, 1.82) is 5.26 Å². The van der Waals surface area contributed by atoms with Crippen LogP contribution in [0.5, 0.6) is 5.75 Å². The van der Waals surface area contributed by atoms with Crippen LogP contribution in [-0.2, 0) is 17.6 Å². The van der Waals surface area contributed by atoms with E-state index in [0.29, 0.717) is 28.7 Å². The summed E-state index contributed by atoms with van der Waals surface area (Å²) in [7, 11) is 1.87. The van der Waals surface area contributed by atoms with Crippen LogP contribution in [0, 0.1) is 11.3 Å². The number of nitrogens with zero attached hydrogens (tertiary/aromatic N) is 2. The van der Waals surface area contributed by atoms with Crippen LogP contribution in [0.1, 0.15) is 28.8 Å².